The number of nitrogen functional groups attached to an aromatic ring is 1. The molecule has 0 saturated heterocycles. The standard InChI is InChI=1S/C26H23FN4O3S/c1-16-12-23(31(15-16)19-7-5-6-17(13-19)25(28)29)26(32)30-18-10-11-20(22(27)14-18)21-8-3-4-9-24(21)35(2,33)34/h3-15H,1-2H3,(H3,28,29)(H,30,32). The molecule has 0 fully saturated rings. The summed E-state index contributed by atoms with van der Waals surface area (Å²) >= 11 is 0. The van der Waals surface area contributed by atoms with Crippen molar-refractivity contribution in [1.29, 1.82) is 5.41 Å². The maximum Gasteiger partial charge on any atom is 0.272 e. The molecule has 7 nitrogen and oxygen atoms in total. The maximum atomic E-state index is 15.0. The number of amidine groups is 1. The van der Waals surface area contributed by atoms with E-state index in [-0.39, 0.29) is 27.5 Å². The lowest BCUT2D eigenvalue weighted by Crippen LogP contribution is -2.17. The number of anilines is 1. The van der Waals surface area contributed by atoms with E-state index >= 15 is 4.39 Å². The van der Waals surface area contributed by atoms with Gasteiger partial charge in [-0.2, -0.15) is 0 Å². The van der Waals surface area contributed by atoms with Crippen molar-refractivity contribution in [1.82, 2.24) is 4.57 Å². The number of nitrogens with one attached hydrogen (secondary N) is 2. The normalized spacial score (nSPS) is 11.3. The summed E-state index contributed by atoms with van der Waals surface area (Å²) in [6, 6.07) is 18.9. The van der Waals surface area contributed by atoms with Gasteiger partial charge in [-0.1, -0.05) is 30.3 Å². The number of rotatable bonds is 6. The summed E-state index contributed by atoms with van der Waals surface area (Å²) in [5.41, 5.74) is 8.50. The first-order valence-corrected chi connectivity index (χ1v) is 12.5. The minimum Gasteiger partial charge on any atom is -0.384 e. The lowest BCUT2D eigenvalue weighted by atomic mass is 10.0. The average Bonchev–Trinajstić information content (AvgIpc) is 3.20. The summed E-state index contributed by atoms with van der Waals surface area (Å²) < 4.78 is 40.9. The molecule has 0 aliphatic rings. The molecule has 0 atom stereocenters. The first kappa shape index (κ1) is 23.9. The highest BCUT2D eigenvalue weighted by Gasteiger charge is 2.19. The second-order valence-electron chi connectivity index (χ2n) is 8.15. The summed E-state index contributed by atoms with van der Waals surface area (Å²) in [7, 11) is -3.56. The van der Waals surface area contributed by atoms with E-state index in [0.717, 1.165) is 17.9 Å². The van der Waals surface area contributed by atoms with Crippen molar-refractivity contribution in [3.63, 3.8) is 0 Å². The van der Waals surface area contributed by atoms with Crippen LogP contribution in [0.5, 0.6) is 0 Å². The molecule has 1 heterocycles. The molecule has 0 aliphatic carbocycles. The first-order valence-electron chi connectivity index (χ1n) is 10.6. The molecule has 1 aromatic heterocycles. The molecular weight excluding hydrogens is 467 g/mol. The van der Waals surface area contributed by atoms with Crippen LogP contribution in [0.25, 0.3) is 16.8 Å². The molecule has 4 aromatic rings. The Hall–Kier alpha value is -4.24. The molecule has 178 valence electrons. The van der Waals surface area contributed by atoms with Crippen LogP contribution < -0.4 is 11.1 Å². The van der Waals surface area contributed by atoms with Gasteiger partial charge in [0.1, 0.15) is 17.3 Å². The lowest BCUT2D eigenvalue weighted by molar-refractivity contribution is 0.102. The van der Waals surface area contributed by atoms with Gasteiger partial charge in [-0.05, 0) is 55.0 Å². The minimum absolute atomic E-state index is 0.0248. The Morgan fingerprint density at radius 3 is 2.43 bits per heavy atom. The van der Waals surface area contributed by atoms with Crippen LogP contribution in [0, 0.1) is 18.2 Å². The summed E-state index contributed by atoms with van der Waals surface area (Å²) in [6.07, 6.45) is 2.85. The number of benzene rings is 3. The van der Waals surface area contributed by atoms with Gasteiger partial charge in [0.15, 0.2) is 9.84 Å². The molecule has 9 heteroatoms. The Bertz CT molecular complexity index is 1580. The topological polar surface area (TPSA) is 118 Å². The molecule has 35 heavy (non-hydrogen) atoms. The van der Waals surface area contributed by atoms with E-state index in [2.05, 4.69) is 5.32 Å². The molecule has 1 amide bonds. The highest BCUT2D eigenvalue weighted by molar-refractivity contribution is 7.90. The molecule has 4 rings (SSSR count). The van der Waals surface area contributed by atoms with E-state index in [9.17, 15) is 13.2 Å². The van der Waals surface area contributed by atoms with E-state index in [0.29, 0.717) is 16.9 Å². The monoisotopic (exact) mass is 490 g/mol. The third kappa shape index (κ3) is 4.99. The lowest BCUT2D eigenvalue weighted by Gasteiger charge is -2.13. The molecule has 0 bridgehead atoms. The van der Waals surface area contributed by atoms with Crippen molar-refractivity contribution in [2.75, 3.05) is 11.6 Å². The number of nitrogens with two attached hydrogens (primary N) is 1. The van der Waals surface area contributed by atoms with Gasteiger partial charge < -0.3 is 15.6 Å². The number of hydrogen-bond acceptors (Lipinski definition) is 4. The molecule has 0 saturated carbocycles. The van der Waals surface area contributed by atoms with Crippen molar-refractivity contribution in [2.45, 2.75) is 11.8 Å². The van der Waals surface area contributed by atoms with Gasteiger partial charge in [-0.25, -0.2) is 12.8 Å². The van der Waals surface area contributed by atoms with Gasteiger partial charge in [0.2, 0.25) is 0 Å². The zero-order valence-corrected chi connectivity index (χ0v) is 19.9. The number of hydrogen-bond donors (Lipinski definition) is 3. The molecule has 0 unspecified atom stereocenters. The SMILES string of the molecule is Cc1cc(C(=O)Nc2ccc(-c3ccccc3S(C)(=O)=O)c(F)c2)n(-c2cccc(C(=N)N)c2)c1. The third-order valence-electron chi connectivity index (χ3n) is 5.43. The fourth-order valence-electron chi connectivity index (χ4n) is 3.83. The van der Waals surface area contributed by atoms with Crippen LogP contribution in [-0.2, 0) is 9.84 Å². The predicted octanol–water partition coefficient (Wildman–Crippen LogP) is 4.53. The number of carbonyl (C=O) groups excluding carboxylic acids is 1. The van der Waals surface area contributed by atoms with Crippen LogP contribution in [0.1, 0.15) is 21.6 Å². The quantitative estimate of drug-likeness (QED) is 0.272. The van der Waals surface area contributed by atoms with Crippen molar-refractivity contribution < 1.29 is 17.6 Å². The van der Waals surface area contributed by atoms with Crippen molar-refractivity contribution in [3.8, 4) is 16.8 Å². The zero-order valence-electron chi connectivity index (χ0n) is 19.0. The van der Waals surface area contributed by atoms with Gasteiger partial charge in [-0.15, -0.1) is 0 Å². The summed E-state index contributed by atoms with van der Waals surface area (Å²) in [4.78, 5) is 13.1. The molecule has 0 aliphatic heterocycles. The van der Waals surface area contributed by atoms with Gasteiger partial charge in [0.25, 0.3) is 5.91 Å². The number of carbonyl (C=O) groups is 1. The highest BCUT2D eigenvalue weighted by atomic mass is 32.2. The van der Waals surface area contributed by atoms with Crippen LogP contribution in [0.3, 0.4) is 0 Å². The summed E-state index contributed by atoms with van der Waals surface area (Å²) in [6.45, 7) is 1.84. The van der Waals surface area contributed by atoms with Gasteiger partial charge >= 0.3 is 0 Å². The van der Waals surface area contributed by atoms with Crippen LogP contribution in [0.2, 0.25) is 0 Å². The summed E-state index contributed by atoms with van der Waals surface area (Å²) in [5.74, 6) is -1.22. The second kappa shape index (κ2) is 9.19. The first-order chi connectivity index (χ1) is 16.5. The number of aromatic nitrogens is 1. The third-order valence-corrected chi connectivity index (χ3v) is 6.58. The van der Waals surface area contributed by atoms with E-state index in [1.165, 1.54) is 24.3 Å². The number of nitrogens with zero attached hydrogens (tertiary/aromatic N) is 1. The maximum absolute atomic E-state index is 15.0. The fourth-order valence-corrected chi connectivity index (χ4v) is 4.73. The van der Waals surface area contributed by atoms with Crippen molar-refractivity contribution >= 4 is 27.3 Å². The Morgan fingerprint density at radius 1 is 1.00 bits per heavy atom. The fraction of sp³-hybridized carbons (Fsp3) is 0.0769. The number of halogens is 1. The smallest absolute Gasteiger partial charge is 0.272 e. The number of aryl methyl sites for hydroxylation is 1. The Labute approximate surface area is 202 Å². The van der Waals surface area contributed by atoms with Gasteiger partial charge in [0, 0.05) is 40.5 Å². The summed E-state index contributed by atoms with van der Waals surface area (Å²) in [5, 5.41) is 10.4. The number of amides is 1. The van der Waals surface area contributed by atoms with Crippen LogP contribution in [0.15, 0.2) is 83.9 Å². The van der Waals surface area contributed by atoms with Crippen molar-refractivity contribution in [2.24, 2.45) is 5.73 Å². The van der Waals surface area contributed by atoms with Crippen LogP contribution in [0.4, 0.5) is 10.1 Å². The van der Waals surface area contributed by atoms with Crippen molar-refractivity contribution in [3.05, 3.63) is 102 Å². The van der Waals surface area contributed by atoms with E-state index < -0.39 is 21.6 Å². The second-order valence-corrected chi connectivity index (χ2v) is 10.1. The number of sulfone groups is 1. The highest BCUT2D eigenvalue weighted by Crippen LogP contribution is 2.31. The van der Waals surface area contributed by atoms with E-state index in [1.54, 1.807) is 53.2 Å². The zero-order chi connectivity index (χ0) is 25.3. The molecule has 3 aromatic carbocycles. The van der Waals surface area contributed by atoms with Crippen LogP contribution in [-0.4, -0.2) is 31.0 Å². The molecule has 0 radical (unpaired) electrons. The predicted molar refractivity (Wildman–Crippen MR) is 134 cm³/mol. The van der Waals surface area contributed by atoms with E-state index in [1.807, 2.05) is 6.92 Å². The van der Waals surface area contributed by atoms with E-state index in [4.69, 9.17) is 11.1 Å². The van der Waals surface area contributed by atoms with Gasteiger partial charge in [-0.3, -0.25) is 10.2 Å². The average molecular weight is 491 g/mol. The van der Waals surface area contributed by atoms with Crippen LogP contribution >= 0.6 is 0 Å². The molecule has 4 N–H and O–H groups in total. The van der Waals surface area contributed by atoms with Gasteiger partial charge in [0.05, 0.1) is 4.90 Å². The largest absolute Gasteiger partial charge is 0.384 e. The Morgan fingerprint density at radius 2 is 1.74 bits per heavy atom. The molecular formula is C26H23FN4O3S. The molecule has 0 spiro atoms. The minimum atomic E-state index is -3.56. The Kier molecular flexibility index (Phi) is 6.27. The Balaban J connectivity index is 1.65.